The van der Waals surface area contributed by atoms with Crippen LogP contribution in [0.3, 0.4) is 0 Å². The second-order valence-electron chi connectivity index (χ2n) is 5.69. The van der Waals surface area contributed by atoms with Crippen LogP contribution in [-0.2, 0) is 4.74 Å². The fraction of sp³-hybridized carbons (Fsp3) is 0.333. The van der Waals surface area contributed by atoms with Gasteiger partial charge in [-0.15, -0.1) is 0 Å². The number of hydrogen-bond donors (Lipinski definition) is 0. The highest BCUT2D eigenvalue weighted by Gasteiger charge is 2.20. The molecule has 0 radical (unpaired) electrons. The van der Waals surface area contributed by atoms with E-state index in [-0.39, 0.29) is 5.82 Å². The zero-order valence-corrected chi connectivity index (χ0v) is 13.9. The summed E-state index contributed by atoms with van der Waals surface area (Å²) in [5, 5.41) is 4.23. The third-order valence-corrected chi connectivity index (χ3v) is 3.28. The van der Waals surface area contributed by atoms with Crippen LogP contribution in [-0.4, -0.2) is 21.5 Å². The van der Waals surface area contributed by atoms with Crippen molar-refractivity contribution in [3.8, 4) is 11.3 Å². The molecule has 112 valence electrons. The Labute approximate surface area is 131 Å². The van der Waals surface area contributed by atoms with Crippen LogP contribution >= 0.6 is 15.9 Å². The van der Waals surface area contributed by atoms with Crippen molar-refractivity contribution in [1.29, 1.82) is 0 Å². The average Bonchev–Trinajstić information content (AvgIpc) is 2.73. The number of ether oxygens (including phenoxy) is 1. The smallest absolute Gasteiger partial charge is 0.435 e. The van der Waals surface area contributed by atoms with E-state index < -0.39 is 11.7 Å². The molecule has 1 heterocycles. The van der Waals surface area contributed by atoms with Gasteiger partial charge in [0.25, 0.3) is 0 Å². The van der Waals surface area contributed by atoms with E-state index in [0.717, 1.165) is 0 Å². The average molecular weight is 355 g/mol. The van der Waals surface area contributed by atoms with Crippen LogP contribution in [0.15, 0.2) is 28.7 Å². The molecule has 1 aromatic carbocycles. The Morgan fingerprint density at radius 3 is 2.57 bits per heavy atom. The SMILES string of the molecule is Cc1cc(-c2ccc(F)c(Br)c2)nn1C(=O)OC(C)(C)C. The van der Waals surface area contributed by atoms with E-state index in [1.54, 1.807) is 45.9 Å². The van der Waals surface area contributed by atoms with Gasteiger partial charge < -0.3 is 4.74 Å². The third-order valence-electron chi connectivity index (χ3n) is 2.67. The summed E-state index contributed by atoms with van der Waals surface area (Å²) in [5.41, 5.74) is 1.36. The molecule has 0 spiro atoms. The first-order valence-electron chi connectivity index (χ1n) is 6.43. The minimum Gasteiger partial charge on any atom is -0.442 e. The summed E-state index contributed by atoms with van der Waals surface area (Å²) in [4.78, 5) is 12.1. The minimum absolute atomic E-state index is 0.345. The molecule has 0 aliphatic carbocycles. The Balaban J connectivity index is 2.34. The second kappa shape index (κ2) is 5.60. The molecule has 6 heteroatoms. The summed E-state index contributed by atoms with van der Waals surface area (Å²) in [6.07, 6.45) is -0.535. The van der Waals surface area contributed by atoms with Gasteiger partial charge in [-0.1, -0.05) is 0 Å². The summed E-state index contributed by atoms with van der Waals surface area (Å²) in [5.74, 6) is -0.345. The van der Waals surface area contributed by atoms with Crippen LogP contribution in [0, 0.1) is 12.7 Å². The van der Waals surface area contributed by atoms with E-state index in [0.29, 0.717) is 21.4 Å². The molecule has 0 aliphatic rings. The number of aryl methyl sites for hydroxylation is 1. The number of carbonyl (C=O) groups is 1. The lowest BCUT2D eigenvalue weighted by molar-refractivity contribution is 0.0511. The topological polar surface area (TPSA) is 44.1 Å². The van der Waals surface area contributed by atoms with Gasteiger partial charge in [-0.05, 0) is 67.9 Å². The molecule has 0 amide bonds. The Morgan fingerprint density at radius 2 is 2.00 bits per heavy atom. The second-order valence-corrected chi connectivity index (χ2v) is 6.55. The van der Waals surface area contributed by atoms with E-state index in [1.165, 1.54) is 10.7 Å². The lowest BCUT2D eigenvalue weighted by atomic mass is 10.1. The van der Waals surface area contributed by atoms with Gasteiger partial charge in [0, 0.05) is 11.3 Å². The number of carbonyl (C=O) groups excluding carboxylic acids is 1. The van der Waals surface area contributed by atoms with E-state index in [1.807, 2.05) is 0 Å². The maximum absolute atomic E-state index is 13.3. The molecule has 0 atom stereocenters. The monoisotopic (exact) mass is 354 g/mol. The number of benzene rings is 1. The van der Waals surface area contributed by atoms with Gasteiger partial charge in [0.05, 0.1) is 10.2 Å². The standard InChI is InChI=1S/C15H16BrFN2O2/c1-9-7-13(10-5-6-12(17)11(16)8-10)18-19(9)14(20)21-15(2,3)4/h5-8H,1-4H3. The molecule has 0 unspecified atom stereocenters. The van der Waals surface area contributed by atoms with Crippen LogP contribution < -0.4 is 0 Å². The van der Waals surface area contributed by atoms with Crippen molar-refractivity contribution >= 4 is 22.0 Å². The molecule has 0 saturated heterocycles. The Hall–Kier alpha value is -1.69. The highest BCUT2D eigenvalue weighted by Crippen LogP contribution is 2.25. The van der Waals surface area contributed by atoms with Crippen molar-refractivity contribution < 1.29 is 13.9 Å². The highest BCUT2D eigenvalue weighted by atomic mass is 79.9. The molecule has 2 aromatic rings. The van der Waals surface area contributed by atoms with Gasteiger partial charge in [-0.2, -0.15) is 9.78 Å². The summed E-state index contributed by atoms with van der Waals surface area (Å²) >= 11 is 3.14. The third kappa shape index (κ3) is 3.69. The fourth-order valence-electron chi connectivity index (χ4n) is 1.76. The zero-order chi connectivity index (χ0) is 15.8. The lowest BCUT2D eigenvalue weighted by Gasteiger charge is -2.19. The fourth-order valence-corrected chi connectivity index (χ4v) is 2.14. The molecule has 4 nitrogen and oxygen atoms in total. The molecule has 2 rings (SSSR count). The summed E-state index contributed by atoms with van der Waals surface area (Å²) in [6.45, 7) is 7.14. The predicted octanol–water partition coefficient (Wildman–Crippen LogP) is 4.54. The van der Waals surface area contributed by atoms with Gasteiger partial charge >= 0.3 is 6.09 Å². The van der Waals surface area contributed by atoms with Crippen molar-refractivity contribution in [2.75, 3.05) is 0 Å². The molecule has 0 aliphatic heterocycles. The quantitative estimate of drug-likeness (QED) is 0.754. The summed E-state index contributed by atoms with van der Waals surface area (Å²) in [6, 6.07) is 6.34. The number of nitrogens with zero attached hydrogens (tertiary/aromatic N) is 2. The van der Waals surface area contributed by atoms with E-state index >= 15 is 0 Å². The van der Waals surface area contributed by atoms with E-state index in [2.05, 4.69) is 21.0 Å². The maximum Gasteiger partial charge on any atom is 0.435 e. The van der Waals surface area contributed by atoms with Gasteiger partial charge in [0.15, 0.2) is 0 Å². The van der Waals surface area contributed by atoms with Crippen LogP contribution in [0.25, 0.3) is 11.3 Å². The summed E-state index contributed by atoms with van der Waals surface area (Å²) in [7, 11) is 0. The van der Waals surface area contributed by atoms with Crippen molar-refractivity contribution in [3.63, 3.8) is 0 Å². The maximum atomic E-state index is 13.3. The van der Waals surface area contributed by atoms with Crippen LogP contribution in [0.2, 0.25) is 0 Å². The van der Waals surface area contributed by atoms with Gasteiger partial charge in [0.1, 0.15) is 11.4 Å². The number of rotatable bonds is 1. The molecule has 0 N–H and O–H groups in total. The van der Waals surface area contributed by atoms with E-state index in [9.17, 15) is 9.18 Å². The molecule has 0 bridgehead atoms. The number of hydrogen-bond acceptors (Lipinski definition) is 3. The van der Waals surface area contributed by atoms with Gasteiger partial charge in [-0.3, -0.25) is 0 Å². The molecule has 0 fully saturated rings. The molecule has 21 heavy (non-hydrogen) atoms. The van der Waals surface area contributed by atoms with Crippen LogP contribution in [0.4, 0.5) is 9.18 Å². The van der Waals surface area contributed by atoms with Gasteiger partial charge in [-0.25, -0.2) is 9.18 Å². The van der Waals surface area contributed by atoms with Crippen molar-refractivity contribution in [3.05, 3.63) is 40.2 Å². The zero-order valence-electron chi connectivity index (χ0n) is 12.3. The predicted molar refractivity (Wildman–Crippen MR) is 81.7 cm³/mol. The molecule has 0 saturated carbocycles. The molecule has 1 aromatic heterocycles. The van der Waals surface area contributed by atoms with Crippen molar-refractivity contribution in [2.45, 2.75) is 33.3 Å². The number of aromatic nitrogens is 2. The Morgan fingerprint density at radius 1 is 1.33 bits per heavy atom. The minimum atomic E-state index is -0.589. The largest absolute Gasteiger partial charge is 0.442 e. The van der Waals surface area contributed by atoms with E-state index in [4.69, 9.17) is 4.74 Å². The summed E-state index contributed by atoms with van der Waals surface area (Å²) < 4.78 is 20.1. The normalized spacial score (nSPS) is 11.5. The van der Waals surface area contributed by atoms with Crippen LogP contribution in [0.1, 0.15) is 26.5 Å². The van der Waals surface area contributed by atoms with Crippen molar-refractivity contribution in [1.82, 2.24) is 9.78 Å². The number of halogens is 2. The first-order valence-corrected chi connectivity index (χ1v) is 7.22. The first kappa shape index (κ1) is 15.7. The van der Waals surface area contributed by atoms with Crippen molar-refractivity contribution in [2.24, 2.45) is 0 Å². The molecular weight excluding hydrogens is 339 g/mol. The highest BCUT2D eigenvalue weighted by molar-refractivity contribution is 9.10. The Bertz CT molecular complexity index is 689. The first-order chi connectivity index (χ1) is 9.67. The Kier molecular flexibility index (Phi) is 4.18. The van der Waals surface area contributed by atoms with Crippen LogP contribution in [0.5, 0.6) is 0 Å². The lowest BCUT2D eigenvalue weighted by Crippen LogP contribution is -2.28. The molecular formula is C15H16BrFN2O2. The van der Waals surface area contributed by atoms with Gasteiger partial charge in [0.2, 0.25) is 0 Å².